The number of imidazole rings is 1. The highest BCUT2D eigenvalue weighted by atomic mass is 35.5. The zero-order valence-corrected chi connectivity index (χ0v) is 12.8. The Kier molecular flexibility index (Phi) is 4.73. The van der Waals surface area contributed by atoms with E-state index in [0.717, 1.165) is 23.4 Å². The van der Waals surface area contributed by atoms with Crippen molar-refractivity contribution in [3.05, 3.63) is 40.7 Å². The second-order valence-corrected chi connectivity index (χ2v) is 5.69. The lowest BCUT2D eigenvalue weighted by molar-refractivity contribution is -0.133. The van der Waals surface area contributed by atoms with Crippen LogP contribution in [0.3, 0.4) is 0 Å². The molecule has 0 aliphatic heterocycles. The summed E-state index contributed by atoms with van der Waals surface area (Å²) in [4.78, 5) is 15.0. The summed E-state index contributed by atoms with van der Waals surface area (Å²) < 4.78 is 1.96. The number of hydrogen-bond donors (Lipinski definition) is 1. The highest BCUT2D eigenvalue weighted by Crippen LogP contribution is 2.26. The fourth-order valence-corrected chi connectivity index (χ4v) is 2.75. The standard InChI is InChI=1S/C14H15ClN2O2S/c1-3-10-7-16-14(20-8-13(18)19)17(10)11-5-4-9(2)12(15)6-11/h4-7H,3,8H2,1-2H3,(H,18,19). The maximum atomic E-state index is 10.7. The third-order valence-corrected chi connectivity index (χ3v) is 4.25. The van der Waals surface area contributed by atoms with Crippen LogP contribution in [-0.2, 0) is 11.2 Å². The van der Waals surface area contributed by atoms with Crippen molar-refractivity contribution in [1.29, 1.82) is 0 Å². The Bertz CT molecular complexity index is 640. The Balaban J connectivity index is 2.44. The maximum Gasteiger partial charge on any atom is 0.313 e. The SMILES string of the molecule is CCc1cnc(SCC(=O)O)n1-c1ccc(C)c(Cl)c1. The van der Waals surface area contributed by atoms with Gasteiger partial charge >= 0.3 is 5.97 Å². The van der Waals surface area contributed by atoms with Gasteiger partial charge in [-0.05, 0) is 31.0 Å². The van der Waals surface area contributed by atoms with E-state index in [-0.39, 0.29) is 5.75 Å². The molecule has 0 aliphatic carbocycles. The average molecular weight is 311 g/mol. The van der Waals surface area contributed by atoms with Gasteiger partial charge in [-0.2, -0.15) is 0 Å². The monoisotopic (exact) mass is 310 g/mol. The lowest BCUT2D eigenvalue weighted by Gasteiger charge is -2.11. The van der Waals surface area contributed by atoms with Gasteiger partial charge in [0.05, 0.1) is 5.75 Å². The molecule has 1 aromatic heterocycles. The van der Waals surface area contributed by atoms with Gasteiger partial charge in [0.1, 0.15) is 0 Å². The van der Waals surface area contributed by atoms with Gasteiger partial charge in [-0.3, -0.25) is 9.36 Å². The smallest absolute Gasteiger partial charge is 0.313 e. The van der Waals surface area contributed by atoms with Crippen LogP contribution in [0.4, 0.5) is 0 Å². The van der Waals surface area contributed by atoms with Crippen LogP contribution in [0.1, 0.15) is 18.2 Å². The molecule has 20 heavy (non-hydrogen) atoms. The number of carbonyl (C=O) groups is 1. The Labute approximate surface area is 126 Å². The highest BCUT2D eigenvalue weighted by molar-refractivity contribution is 7.99. The molecule has 0 fully saturated rings. The predicted molar refractivity (Wildman–Crippen MR) is 81.0 cm³/mol. The molecule has 1 N–H and O–H groups in total. The van der Waals surface area contributed by atoms with Crippen molar-refractivity contribution in [3.63, 3.8) is 0 Å². The topological polar surface area (TPSA) is 55.1 Å². The Morgan fingerprint density at radius 3 is 2.85 bits per heavy atom. The molecule has 0 atom stereocenters. The van der Waals surface area contributed by atoms with Crippen molar-refractivity contribution in [2.45, 2.75) is 25.4 Å². The van der Waals surface area contributed by atoms with E-state index in [0.29, 0.717) is 10.2 Å². The first-order valence-electron chi connectivity index (χ1n) is 6.20. The molecule has 0 radical (unpaired) electrons. The summed E-state index contributed by atoms with van der Waals surface area (Å²) in [6.45, 7) is 3.98. The first-order valence-corrected chi connectivity index (χ1v) is 7.57. The van der Waals surface area contributed by atoms with Crippen LogP contribution >= 0.6 is 23.4 Å². The van der Waals surface area contributed by atoms with Crippen molar-refractivity contribution in [3.8, 4) is 5.69 Å². The van der Waals surface area contributed by atoms with Crippen LogP contribution in [0.25, 0.3) is 5.69 Å². The molecule has 1 heterocycles. The summed E-state index contributed by atoms with van der Waals surface area (Å²) in [6.07, 6.45) is 2.59. The molecule has 1 aromatic carbocycles. The third kappa shape index (κ3) is 3.16. The number of aryl methyl sites for hydroxylation is 2. The van der Waals surface area contributed by atoms with E-state index in [4.69, 9.17) is 16.7 Å². The number of carboxylic acid groups (broad SMARTS) is 1. The van der Waals surface area contributed by atoms with Crippen LogP contribution in [-0.4, -0.2) is 26.4 Å². The van der Waals surface area contributed by atoms with Crippen molar-refractivity contribution >= 4 is 29.3 Å². The summed E-state index contributed by atoms with van der Waals surface area (Å²) in [7, 11) is 0. The number of thioether (sulfide) groups is 1. The number of rotatable bonds is 5. The number of benzene rings is 1. The molecular weight excluding hydrogens is 296 g/mol. The van der Waals surface area contributed by atoms with Crippen LogP contribution in [0.2, 0.25) is 5.02 Å². The average Bonchev–Trinajstić information content (AvgIpc) is 2.82. The van der Waals surface area contributed by atoms with Crippen molar-refractivity contribution < 1.29 is 9.90 Å². The minimum atomic E-state index is -0.857. The van der Waals surface area contributed by atoms with Gasteiger partial charge in [-0.25, -0.2) is 4.98 Å². The molecule has 0 saturated carbocycles. The number of carboxylic acids is 1. The number of halogens is 1. The lowest BCUT2D eigenvalue weighted by atomic mass is 10.2. The van der Waals surface area contributed by atoms with Gasteiger partial charge < -0.3 is 5.11 Å². The third-order valence-electron chi connectivity index (χ3n) is 2.90. The normalized spacial score (nSPS) is 10.8. The first-order chi connectivity index (χ1) is 9.52. The fraction of sp³-hybridized carbons (Fsp3) is 0.286. The van der Waals surface area contributed by atoms with Gasteiger partial charge in [-0.1, -0.05) is 36.4 Å². The maximum absolute atomic E-state index is 10.7. The molecule has 0 saturated heterocycles. The Morgan fingerprint density at radius 1 is 1.50 bits per heavy atom. The summed E-state index contributed by atoms with van der Waals surface area (Å²) in [5.41, 5.74) is 2.94. The van der Waals surface area contributed by atoms with Crippen LogP contribution in [0.5, 0.6) is 0 Å². The molecule has 0 unspecified atom stereocenters. The minimum absolute atomic E-state index is 0.0141. The van der Waals surface area contributed by atoms with Crippen LogP contribution < -0.4 is 0 Å². The Hall–Kier alpha value is -1.46. The molecule has 4 nitrogen and oxygen atoms in total. The summed E-state index contributed by atoms with van der Waals surface area (Å²) in [5, 5.41) is 10.2. The first kappa shape index (κ1) is 14.9. The second-order valence-electron chi connectivity index (χ2n) is 4.34. The molecule has 0 amide bonds. The van der Waals surface area contributed by atoms with E-state index in [1.54, 1.807) is 6.20 Å². The molecule has 0 bridgehead atoms. The van der Waals surface area contributed by atoms with Gasteiger partial charge in [0.25, 0.3) is 0 Å². The fourth-order valence-electron chi connectivity index (χ4n) is 1.84. The Morgan fingerprint density at radius 2 is 2.25 bits per heavy atom. The molecule has 2 rings (SSSR count). The summed E-state index contributed by atoms with van der Waals surface area (Å²) in [5.74, 6) is -0.871. The summed E-state index contributed by atoms with van der Waals surface area (Å²) in [6, 6.07) is 5.79. The molecular formula is C14H15ClN2O2S. The van der Waals surface area contributed by atoms with Crippen molar-refractivity contribution in [1.82, 2.24) is 9.55 Å². The van der Waals surface area contributed by atoms with E-state index in [2.05, 4.69) is 4.98 Å². The number of aromatic nitrogens is 2. The molecule has 6 heteroatoms. The lowest BCUT2D eigenvalue weighted by Crippen LogP contribution is -2.04. The number of hydrogen-bond acceptors (Lipinski definition) is 3. The number of aliphatic carboxylic acids is 1. The predicted octanol–water partition coefficient (Wildman–Crippen LogP) is 3.57. The van der Waals surface area contributed by atoms with E-state index in [9.17, 15) is 4.79 Å². The zero-order chi connectivity index (χ0) is 14.7. The van der Waals surface area contributed by atoms with Gasteiger partial charge in [0, 0.05) is 22.6 Å². The van der Waals surface area contributed by atoms with Gasteiger partial charge in [-0.15, -0.1) is 0 Å². The minimum Gasteiger partial charge on any atom is -0.481 e. The molecule has 106 valence electrons. The largest absolute Gasteiger partial charge is 0.481 e. The van der Waals surface area contributed by atoms with Gasteiger partial charge in [0.2, 0.25) is 0 Å². The summed E-state index contributed by atoms with van der Waals surface area (Å²) >= 11 is 7.38. The molecule has 0 spiro atoms. The molecule has 2 aromatic rings. The second kappa shape index (κ2) is 6.33. The van der Waals surface area contributed by atoms with Crippen molar-refractivity contribution in [2.24, 2.45) is 0 Å². The van der Waals surface area contributed by atoms with E-state index >= 15 is 0 Å². The zero-order valence-electron chi connectivity index (χ0n) is 11.3. The van der Waals surface area contributed by atoms with E-state index in [1.165, 1.54) is 11.8 Å². The molecule has 0 aliphatic rings. The quantitative estimate of drug-likeness (QED) is 0.858. The van der Waals surface area contributed by atoms with Gasteiger partial charge in [0.15, 0.2) is 5.16 Å². The van der Waals surface area contributed by atoms with Crippen LogP contribution in [0, 0.1) is 6.92 Å². The van der Waals surface area contributed by atoms with Crippen LogP contribution in [0.15, 0.2) is 29.6 Å². The highest BCUT2D eigenvalue weighted by Gasteiger charge is 2.13. The van der Waals surface area contributed by atoms with E-state index in [1.807, 2.05) is 36.6 Å². The van der Waals surface area contributed by atoms with Crippen molar-refractivity contribution in [2.75, 3.05) is 5.75 Å². The number of nitrogens with zero attached hydrogens (tertiary/aromatic N) is 2. The van der Waals surface area contributed by atoms with E-state index < -0.39 is 5.97 Å².